The Morgan fingerprint density at radius 3 is 2.28 bits per heavy atom. The zero-order chi connectivity index (χ0) is 20.5. The summed E-state index contributed by atoms with van der Waals surface area (Å²) in [5.74, 6) is -0.931. The first-order valence-electron chi connectivity index (χ1n) is 9.30. The molecule has 7 heteroatoms. The van der Waals surface area contributed by atoms with Crippen molar-refractivity contribution >= 4 is 39.1 Å². The van der Waals surface area contributed by atoms with E-state index in [9.17, 15) is 14.4 Å². The van der Waals surface area contributed by atoms with Crippen molar-refractivity contribution in [3.05, 3.63) is 75.5 Å². The van der Waals surface area contributed by atoms with Crippen LogP contribution in [-0.4, -0.2) is 48.7 Å². The number of halogens is 1. The number of ether oxygens (including phenoxy) is 1. The number of morpholine rings is 1. The predicted octanol–water partition coefficient (Wildman–Crippen LogP) is 3.43. The fourth-order valence-corrected chi connectivity index (χ4v) is 4.11. The number of hydrogen-bond acceptors (Lipinski definition) is 5. The van der Waals surface area contributed by atoms with Gasteiger partial charge in [0.05, 0.1) is 18.9 Å². The number of carbonyl (C=O) groups is 3. The van der Waals surface area contributed by atoms with Crippen molar-refractivity contribution in [1.29, 1.82) is 0 Å². The molecule has 0 N–H and O–H groups in total. The van der Waals surface area contributed by atoms with Gasteiger partial charge in [-0.05, 0) is 18.2 Å². The summed E-state index contributed by atoms with van der Waals surface area (Å²) in [6.45, 7) is 3.26. The quantitative estimate of drug-likeness (QED) is 0.710. The number of rotatable bonds is 3. The monoisotopic (exact) mass is 454 g/mol. The number of benzene rings is 2. The van der Waals surface area contributed by atoms with Crippen LogP contribution >= 0.6 is 15.9 Å². The molecule has 148 valence electrons. The molecule has 2 aliphatic rings. The maximum absolute atomic E-state index is 13.5. The van der Waals surface area contributed by atoms with E-state index in [2.05, 4.69) is 15.9 Å². The van der Waals surface area contributed by atoms with Gasteiger partial charge in [0.2, 0.25) is 17.5 Å². The third-order valence-electron chi connectivity index (χ3n) is 5.00. The van der Waals surface area contributed by atoms with Crippen LogP contribution in [0.5, 0.6) is 0 Å². The number of fused-ring (bicyclic) bond motifs is 1. The zero-order valence-electron chi connectivity index (χ0n) is 15.9. The minimum Gasteiger partial charge on any atom is -0.378 e. The van der Waals surface area contributed by atoms with Crippen LogP contribution in [0, 0.1) is 0 Å². The lowest BCUT2D eigenvalue weighted by Gasteiger charge is -2.36. The predicted molar refractivity (Wildman–Crippen MR) is 112 cm³/mol. The summed E-state index contributed by atoms with van der Waals surface area (Å²) in [7, 11) is 0. The van der Waals surface area contributed by atoms with Gasteiger partial charge in [-0.3, -0.25) is 19.3 Å². The van der Waals surface area contributed by atoms with Gasteiger partial charge in [0.1, 0.15) is 11.4 Å². The van der Waals surface area contributed by atoms with Gasteiger partial charge in [-0.2, -0.15) is 0 Å². The van der Waals surface area contributed by atoms with Gasteiger partial charge < -0.3 is 9.64 Å². The van der Waals surface area contributed by atoms with Crippen LogP contribution < -0.4 is 4.90 Å². The first-order chi connectivity index (χ1) is 14.0. The van der Waals surface area contributed by atoms with E-state index in [-0.39, 0.29) is 28.9 Å². The van der Waals surface area contributed by atoms with Gasteiger partial charge in [0, 0.05) is 35.6 Å². The number of Topliss-reactive ketones (excluding diaryl/α,β-unsaturated/α-hetero) is 2. The molecule has 0 radical (unpaired) electrons. The standard InChI is InChI=1S/C22H19BrN2O4/c1-14(26)25(16-6-4-5-15(23)13-16)20-19(24-9-11-29-12-10-24)21(27)17-7-2-3-8-18(17)22(20)28/h2-8,13H,9-12H2,1H3. The van der Waals surface area contributed by atoms with Crippen LogP contribution in [0.15, 0.2) is 64.4 Å². The maximum Gasteiger partial charge on any atom is 0.228 e. The summed E-state index contributed by atoms with van der Waals surface area (Å²) >= 11 is 3.42. The third-order valence-corrected chi connectivity index (χ3v) is 5.50. The van der Waals surface area contributed by atoms with E-state index in [1.54, 1.807) is 42.5 Å². The molecule has 1 aliphatic carbocycles. The van der Waals surface area contributed by atoms with E-state index in [0.717, 1.165) is 4.47 Å². The Bertz CT molecular complexity index is 1040. The Kier molecular flexibility index (Phi) is 5.34. The third kappa shape index (κ3) is 3.52. The summed E-state index contributed by atoms with van der Waals surface area (Å²) in [6.07, 6.45) is 0. The fourth-order valence-electron chi connectivity index (χ4n) is 3.72. The molecule has 6 nitrogen and oxygen atoms in total. The highest BCUT2D eigenvalue weighted by molar-refractivity contribution is 9.10. The highest BCUT2D eigenvalue weighted by Crippen LogP contribution is 2.34. The first-order valence-corrected chi connectivity index (χ1v) is 10.1. The second kappa shape index (κ2) is 7.93. The fraction of sp³-hybridized carbons (Fsp3) is 0.227. The van der Waals surface area contributed by atoms with Crippen molar-refractivity contribution in [1.82, 2.24) is 4.90 Å². The summed E-state index contributed by atoms with van der Waals surface area (Å²) in [5.41, 5.74) is 1.55. The lowest BCUT2D eigenvalue weighted by molar-refractivity contribution is -0.116. The molecule has 1 aliphatic heterocycles. The molecule has 0 aromatic heterocycles. The van der Waals surface area contributed by atoms with Crippen LogP contribution in [0.3, 0.4) is 0 Å². The lowest BCUT2D eigenvalue weighted by atomic mass is 9.88. The van der Waals surface area contributed by atoms with E-state index in [4.69, 9.17) is 4.74 Å². The van der Waals surface area contributed by atoms with Gasteiger partial charge in [-0.15, -0.1) is 0 Å². The van der Waals surface area contributed by atoms with E-state index in [0.29, 0.717) is 43.1 Å². The van der Waals surface area contributed by atoms with Crippen molar-refractivity contribution in [3.8, 4) is 0 Å². The smallest absolute Gasteiger partial charge is 0.228 e. The average molecular weight is 455 g/mol. The second-order valence-electron chi connectivity index (χ2n) is 6.83. The Hall–Kier alpha value is -2.77. The molecule has 1 heterocycles. The highest BCUT2D eigenvalue weighted by Gasteiger charge is 2.39. The first kappa shape index (κ1) is 19.5. The van der Waals surface area contributed by atoms with Gasteiger partial charge >= 0.3 is 0 Å². The Balaban J connectivity index is 1.96. The Morgan fingerprint density at radius 2 is 1.66 bits per heavy atom. The molecule has 2 aromatic rings. The number of hydrogen-bond donors (Lipinski definition) is 0. The molecule has 0 saturated carbocycles. The number of carbonyl (C=O) groups excluding carboxylic acids is 3. The molecule has 0 bridgehead atoms. The van der Waals surface area contributed by atoms with Gasteiger partial charge in [-0.1, -0.05) is 46.3 Å². The minimum atomic E-state index is -0.343. The molecular weight excluding hydrogens is 436 g/mol. The SMILES string of the molecule is CC(=O)N(C1=C(N2CCOCC2)C(=O)c2ccccc2C1=O)c1cccc(Br)c1. The molecule has 1 fully saturated rings. The summed E-state index contributed by atoms with van der Waals surface area (Å²) < 4.78 is 6.19. The molecule has 2 aromatic carbocycles. The zero-order valence-corrected chi connectivity index (χ0v) is 17.4. The van der Waals surface area contributed by atoms with Gasteiger partial charge in [0.15, 0.2) is 0 Å². The van der Waals surface area contributed by atoms with Crippen LogP contribution in [0.1, 0.15) is 27.6 Å². The van der Waals surface area contributed by atoms with Crippen molar-refractivity contribution in [3.63, 3.8) is 0 Å². The van der Waals surface area contributed by atoms with Crippen molar-refractivity contribution in [2.75, 3.05) is 31.2 Å². The highest BCUT2D eigenvalue weighted by atomic mass is 79.9. The van der Waals surface area contributed by atoms with Gasteiger partial charge in [0.25, 0.3) is 0 Å². The summed E-state index contributed by atoms with van der Waals surface area (Å²) in [6, 6.07) is 13.9. The molecule has 29 heavy (non-hydrogen) atoms. The van der Waals surface area contributed by atoms with Crippen LogP contribution in [-0.2, 0) is 9.53 Å². The van der Waals surface area contributed by atoms with E-state index in [1.165, 1.54) is 11.8 Å². The topological polar surface area (TPSA) is 66.9 Å². The molecule has 0 spiro atoms. The Labute approximate surface area is 176 Å². The number of anilines is 1. The lowest BCUT2D eigenvalue weighted by Crippen LogP contribution is -2.45. The molecular formula is C22H19BrN2O4. The van der Waals surface area contributed by atoms with Crippen molar-refractivity contribution < 1.29 is 19.1 Å². The normalized spacial score (nSPS) is 16.7. The molecule has 0 atom stereocenters. The van der Waals surface area contributed by atoms with E-state index >= 15 is 0 Å². The largest absolute Gasteiger partial charge is 0.378 e. The second-order valence-corrected chi connectivity index (χ2v) is 7.75. The molecule has 1 amide bonds. The number of amides is 1. The molecule has 4 rings (SSSR count). The number of allylic oxidation sites excluding steroid dienone is 2. The number of nitrogens with zero attached hydrogens (tertiary/aromatic N) is 2. The minimum absolute atomic E-state index is 0.0983. The van der Waals surface area contributed by atoms with Crippen LogP contribution in [0.25, 0.3) is 0 Å². The molecule has 1 saturated heterocycles. The maximum atomic E-state index is 13.5. The van der Waals surface area contributed by atoms with E-state index in [1.807, 2.05) is 11.0 Å². The average Bonchev–Trinajstić information content (AvgIpc) is 2.72. The van der Waals surface area contributed by atoms with Crippen LogP contribution in [0.2, 0.25) is 0 Å². The Morgan fingerprint density at radius 1 is 1.00 bits per heavy atom. The van der Waals surface area contributed by atoms with Crippen molar-refractivity contribution in [2.24, 2.45) is 0 Å². The van der Waals surface area contributed by atoms with E-state index < -0.39 is 0 Å². The van der Waals surface area contributed by atoms with Crippen molar-refractivity contribution in [2.45, 2.75) is 6.92 Å². The summed E-state index contributed by atoms with van der Waals surface area (Å²) in [4.78, 5) is 42.9. The number of ketones is 2. The molecule has 0 unspecified atom stereocenters. The van der Waals surface area contributed by atoms with Crippen LogP contribution in [0.4, 0.5) is 5.69 Å². The van der Waals surface area contributed by atoms with Gasteiger partial charge in [-0.25, -0.2) is 0 Å². The summed E-state index contributed by atoms with van der Waals surface area (Å²) in [5, 5.41) is 0.